The molecule has 1 N–H and O–H groups in total. The van der Waals surface area contributed by atoms with Gasteiger partial charge in [0.15, 0.2) is 0 Å². The summed E-state index contributed by atoms with van der Waals surface area (Å²) in [6.45, 7) is 10.9. The predicted octanol–water partition coefficient (Wildman–Crippen LogP) is 2.76. The van der Waals surface area contributed by atoms with E-state index < -0.39 is 35.3 Å². The summed E-state index contributed by atoms with van der Waals surface area (Å²) in [6.07, 6.45) is 1.18. The summed E-state index contributed by atoms with van der Waals surface area (Å²) in [5, 5.41) is 11.7. The lowest BCUT2D eigenvalue weighted by Gasteiger charge is -2.66. The Morgan fingerprint density at radius 1 is 1.15 bits per heavy atom. The van der Waals surface area contributed by atoms with Gasteiger partial charge in [0.2, 0.25) is 5.79 Å². The van der Waals surface area contributed by atoms with Crippen LogP contribution in [0.2, 0.25) is 0 Å². The van der Waals surface area contributed by atoms with Gasteiger partial charge in [0.1, 0.15) is 12.2 Å². The molecule has 0 amide bonds. The number of aliphatic hydroxyl groups is 1. The first-order valence-electron chi connectivity index (χ1n) is 11.8. The number of methoxy groups -OCH3 is 1. The van der Waals surface area contributed by atoms with Gasteiger partial charge in [-0.3, -0.25) is 9.59 Å². The van der Waals surface area contributed by atoms with Crippen molar-refractivity contribution in [1.29, 1.82) is 0 Å². The molecule has 0 bridgehead atoms. The number of rotatable bonds is 3. The van der Waals surface area contributed by atoms with Crippen LogP contribution in [-0.2, 0) is 33.3 Å². The van der Waals surface area contributed by atoms with Gasteiger partial charge in [0, 0.05) is 50.4 Å². The second-order valence-corrected chi connectivity index (χ2v) is 11.2. The van der Waals surface area contributed by atoms with E-state index in [1.807, 2.05) is 20.8 Å². The fourth-order valence-corrected chi connectivity index (χ4v) is 7.95. The summed E-state index contributed by atoms with van der Waals surface area (Å²) in [5.41, 5.74) is -0.229. The van der Waals surface area contributed by atoms with Crippen LogP contribution < -0.4 is 0 Å². The van der Waals surface area contributed by atoms with Gasteiger partial charge in [-0.15, -0.1) is 0 Å². The van der Waals surface area contributed by atoms with E-state index in [4.69, 9.17) is 18.9 Å². The lowest BCUT2D eigenvalue weighted by atomic mass is 9.41. The molecule has 0 aromatic carbocycles. The van der Waals surface area contributed by atoms with Crippen LogP contribution >= 0.6 is 0 Å². The molecule has 3 saturated carbocycles. The summed E-state index contributed by atoms with van der Waals surface area (Å²) in [7, 11) is 1.54. The van der Waals surface area contributed by atoms with Gasteiger partial charge in [0.05, 0.1) is 6.10 Å². The van der Waals surface area contributed by atoms with Crippen molar-refractivity contribution >= 4 is 17.9 Å². The molecule has 0 aromatic rings. The van der Waals surface area contributed by atoms with Crippen molar-refractivity contribution in [2.75, 3.05) is 7.11 Å². The van der Waals surface area contributed by atoms with Gasteiger partial charge >= 0.3 is 17.9 Å². The number of ether oxygens (including phenoxy) is 4. The van der Waals surface area contributed by atoms with E-state index in [-0.39, 0.29) is 41.2 Å². The molecular weight excluding hydrogens is 428 g/mol. The third-order valence-electron chi connectivity index (χ3n) is 9.13. The summed E-state index contributed by atoms with van der Waals surface area (Å²) in [5.74, 6) is -3.21. The van der Waals surface area contributed by atoms with Crippen molar-refractivity contribution in [3.05, 3.63) is 11.6 Å². The minimum Gasteiger partial charge on any atom is -0.462 e. The highest BCUT2D eigenvalue weighted by Crippen LogP contribution is 2.67. The molecule has 9 atom stereocenters. The van der Waals surface area contributed by atoms with Gasteiger partial charge in [-0.05, 0) is 36.0 Å². The Kier molecular flexibility index (Phi) is 5.72. The zero-order chi connectivity index (χ0) is 24.5. The number of fused-ring (bicyclic) bond motifs is 4. The monoisotopic (exact) mass is 464 g/mol. The van der Waals surface area contributed by atoms with Crippen molar-refractivity contribution in [1.82, 2.24) is 0 Å². The maximum atomic E-state index is 12.3. The van der Waals surface area contributed by atoms with Gasteiger partial charge in [0.25, 0.3) is 0 Å². The molecule has 0 saturated heterocycles. The third kappa shape index (κ3) is 3.43. The van der Waals surface area contributed by atoms with Crippen LogP contribution in [-0.4, -0.2) is 54.2 Å². The van der Waals surface area contributed by atoms with Crippen LogP contribution in [0.25, 0.3) is 0 Å². The molecule has 184 valence electrons. The fourth-order valence-electron chi connectivity index (χ4n) is 7.95. The first-order valence-corrected chi connectivity index (χ1v) is 11.8. The van der Waals surface area contributed by atoms with Crippen LogP contribution in [0.3, 0.4) is 0 Å². The van der Waals surface area contributed by atoms with Crippen LogP contribution in [0.5, 0.6) is 0 Å². The SMILES string of the molecule is CO[C@]12C[C@@H]3[C@@H]([C@H](O)[C@H](OC(C)=O)[C@@H]4C(C)(C)[C@H](OC(C)=O)CC[C@@]34C)[C@H](C)C1=CC(=O)O2. The Bertz CT molecular complexity index is 893. The maximum Gasteiger partial charge on any atom is 0.333 e. The molecule has 1 aliphatic heterocycles. The molecule has 0 radical (unpaired) electrons. The van der Waals surface area contributed by atoms with Crippen molar-refractivity contribution < 1.29 is 38.4 Å². The van der Waals surface area contributed by atoms with E-state index in [1.54, 1.807) is 7.11 Å². The molecule has 3 fully saturated rings. The molecule has 4 aliphatic rings. The van der Waals surface area contributed by atoms with Crippen LogP contribution in [0.4, 0.5) is 0 Å². The van der Waals surface area contributed by atoms with Crippen molar-refractivity contribution in [3.8, 4) is 0 Å². The molecular formula is C25H36O8. The average molecular weight is 465 g/mol. The summed E-state index contributed by atoms with van der Waals surface area (Å²) in [4.78, 5) is 36.3. The van der Waals surface area contributed by atoms with Gasteiger partial charge in [-0.1, -0.05) is 27.7 Å². The molecule has 3 aliphatic carbocycles. The quantitative estimate of drug-likeness (QED) is 0.502. The molecule has 0 aromatic heterocycles. The van der Waals surface area contributed by atoms with Crippen molar-refractivity contribution in [2.24, 2.45) is 34.5 Å². The Morgan fingerprint density at radius 2 is 1.79 bits per heavy atom. The minimum absolute atomic E-state index is 0.0696. The van der Waals surface area contributed by atoms with Crippen molar-refractivity contribution in [3.63, 3.8) is 0 Å². The first-order chi connectivity index (χ1) is 15.3. The number of hydrogen-bond acceptors (Lipinski definition) is 8. The van der Waals surface area contributed by atoms with E-state index in [0.717, 1.165) is 5.57 Å². The van der Waals surface area contributed by atoms with Crippen LogP contribution in [0.1, 0.15) is 60.8 Å². The largest absolute Gasteiger partial charge is 0.462 e. The Labute approximate surface area is 195 Å². The lowest BCUT2D eigenvalue weighted by molar-refractivity contribution is -0.280. The Morgan fingerprint density at radius 3 is 2.36 bits per heavy atom. The van der Waals surface area contributed by atoms with Crippen molar-refractivity contribution in [2.45, 2.75) is 84.9 Å². The van der Waals surface area contributed by atoms with E-state index in [1.165, 1.54) is 19.9 Å². The smallest absolute Gasteiger partial charge is 0.333 e. The standard InChI is InChI=1S/C25H36O8/c1-12-15-10-18(28)33-25(15,30-7)11-16-19(12)20(29)21(32-14(3)27)22-23(4,5)17(31-13(2)26)8-9-24(16,22)6/h10,12,16-17,19-22,29H,8-9,11H2,1-7H3/t12-,16-,17-,19+,20+,21+,22-,24+,25+/m1/s1. The van der Waals surface area contributed by atoms with E-state index in [9.17, 15) is 19.5 Å². The number of carbonyl (C=O) groups excluding carboxylic acids is 3. The second-order valence-electron chi connectivity index (χ2n) is 11.2. The molecule has 0 spiro atoms. The number of esters is 3. The van der Waals surface area contributed by atoms with E-state index in [0.29, 0.717) is 19.3 Å². The zero-order valence-electron chi connectivity index (χ0n) is 20.5. The highest BCUT2D eigenvalue weighted by atomic mass is 16.7. The number of aliphatic hydroxyl groups excluding tert-OH is 1. The first kappa shape index (κ1) is 24.2. The highest BCUT2D eigenvalue weighted by Gasteiger charge is 2.70. The minimum atomic E-state index is -1.14. The topological polar surface area (TPSA) is 108 Å². The van der Waals surface area contributed by atoms with Gasteiger partial charge in [-0.2, -0.15) is 0 Å². The Hall–Kier alpha value is -1.93. The van der Waals surface area contributed by atoms with Crippen LogP contribution in [0.15, 0.2) is 11.6 Å². The maximum absolute atomic E-state index is 12.3. The van der Waals surface area contributed by atoms with E-state index >= 15 is 0 Å². The zero-order valence-corrected chi connectivity index (χ0v) is 20.5. The van der Waals surface area contributed by atoms with Crippen LogP contribution in [0, 0.1) is 34.5 Å². The van der Waals surface area contributed by atoms with E-state index in [2.05, 4.69) is 6.92 Å². The predicted molar refractivity (Wildman–Crippen MR) is 116 cm³/mol. The molecule has 8 heteroatoms. The summed E-state index contributed by atoms with van der Waals surface area (Å²) in [6, 6.07) is 0. The third-order valence-corrected chi connectivity index (χ3v) is 9.13. The van der Waals surface area contributed by atoms with Gasteiger partial charge < -0.3 is 24.1 Å². The molecule has 1 heterocycles. The molecule has 0 unspecified atom stereocenters. The summed E-state index contributed by atoms with van der Waals surface area (Å²) >= 11 is 0. The number of carbonyl (C=O) groups is 3. The molecule has 4 rings (SSSR count). The molecule has 8 nitrogen and oxygen atoms in total. The lowest BCUT2D eigenvalue weighted by Crippen LogP contribution is -2.70. The normalized spacial score (nSPS) is 45.6. The molecule has 33 heavy (non-hydrogen) atoms. The second kappa shape index (κ2) is 7.80. The summed E-state index contributed by atoms with van der Waals surface area (Å²) < 4.78 is 23.1. The highest BCUT2D eigenvalue weighted by molar-refractivity contribution is 5.86. The van der Waals surface area contributed by atoms with Gasteiger partial charge in [-0.25, -0.2) is 4.79 Å². The fraction of sp³-hybridized carbons (Fsp3) is 0.800. The Balaban J connectivity index is 1.84. The number of hydrogen-bond donors (Lipinski definition) is 1. The average Bonchev–Trinajstić information content (AvgIpc) is 3.04.